The van der Waals surface area contributed by atoms with Crippen molar-refractivity contribution in [1.29, 1.82) is 0 Å². The number of aliphatic hydroxyl groups is 1. The fraction of sp³-hybridized carbons (Fsp3) is 0.433. The van der Waals surface area contributed by atoms with Gasteiger partial charge < -0.3 is 24.9 Å². The summed E-state index contributed by atoms with van der Waals surface area (Å²) in [5.41, 5.74) is 6.01. The average Bonchev–Trinajstić information content (AvgIpc) is 3.42. The minimum absolute atomic E-state index is 0.00955. The molecule has 1 saturated heterocycles. The molecule has 3 atom stereocenters. The van der Waals surface area contributed by atoms with Crippen LogP contribution < -0.4 is 5.73 Å². The SMILES string of the molecule is COC1=C2N=C(C(F)(F)F)C=CC2C(C)(c2nc(C(=O)N3CCC(C(O)c4ccc(C)cc4)CC3)c(CN)o2)C=C1. The third-order valence-electron chi connectivity index (χ3n) is 8.21. The lowest BCUT2D eigenvalue weighted by molar-refractivity contribution is -0.0579. The highest BCUT2D eigenvalue weighted by Gasteiger charge is 2.47. The van der Waals surface area contributed by atoms with Crippen molar-refractivity contribution in [2.24, 2.45) is 22.6 Å². The molecular weight excluding hydrogens is 537 g/mol. The molecule has 11 heteroatoms. The monoisotopic (exact) mass is 570 g/mol. The lowest BCUT2D eigenvalue weighted by Gasteiger charge is -2.36. The maximum atomic E-state index is 13.6. The molecule has 1 amide bonds. The first-order chi connectivity index (χ1) is 19.5. The third-order valence-corrected chi connectivity index (χ3v) is 8.21. The number of halogens is 3. The van der Waals surface area contributed by atoms with Gasteiger partial charge in [0.25, 0.3) is 5.91 Å². The summed E-state index contributed by atoms with van der Waals surface area (Å²) >= 11 is 0. The van der Waals surface area contributed by atoms with Crippen LogP contribution in [0.3, 0.4) is 0 Å². The molecule has 218 valence electrons. The van der Waals surface area contributed by atoms with E-state index < -0.39 is 29.3 Å². The second kappa shape index (κ2) is 10.9. The zero-order valence-corrected chi connectivity index (χ0v) is 23.1. The Hall–Kier alpha value is -3.70. The van der Waals surface area contributed by atoms with Gasteiger partial charge in [0.1, 0.15) is 11.5 Å². The number of piperidine rings is 1. The van der Waals surface area contributed by atoms with E-state index in [1.165, 1.54) is 13.2 Å². The van der Waals surface area contributed by atoms with Crippen molar-refractivity contribution in [1.82, 2.24) is 9.88 Å². The molecule has 3 unspecified atom stereocenters. The minimum Gasteiger partial charge on any atom is -0.495 e. The van der Waals surface area contributed by atoms with Gasteiger partial charge in [-0.3, -0.25) is 4.79 Å². The topological polar surface area (TPSA) is 114 Å². The fourth-order valence-corrected chi connectivity index (χ4v) is 5.67. The van der Waals surface area contributed by atoms with Gasteiger partial charge >= 0.3 is 6.18 Å². The Balaban J connectivity index is 1.36. The maximum absolute atomic E-state index is 13.6. The number of aliphatic hydroxyl groups excluding tert-OH is 1. The Morgan fingerprint density at radius 3 is 2.54 bits per heavy atom. The van der Waals surface area contributed by atoms with Crippen molar-refractivity contribution in [3.63, 3.8) is 0 Å². The number of nitrogens with two attached hydrogens (primary N) is 1. The molecule has 1 aliphatic carbocycles. The van der Waals surface area contributed by atoms with Crippen LogP contribution in [0.2, 0.25) is 0 Å². The van der Waals surface area contributed by atoms with Crippen LogP contribution >= 0.6 is 0 Å². The van der Waals surface area contributed by atoms with E-state index in [0.29, 0.717) is 25.9 Å². The lowest BCUT2D eigenvalue weighted by atomic mass is 9.71. The van der Waals surface area contributed by atoms with Crippen LogP contribution in [-0.2, 0) is 16.7 Å². The molecule has 1 aromatic carbocycles. The van der Waals surface area contributed by atoms with Crippen LogP contribution in [0.25, 0.3) is 0 Å². The summed E-state index contributed by atoms with van der Waals surface area (Å²) in [5, 5.41) is 10.9. The number of carbonyl (C=O) groups excluding carboxylic acids is 1. The standard InChI is InChI=1S/C30H33F3N4O4/c1-17-4-6-18(7-5-17)26(38)19-11-14-37(15-12-19)27(39)25-22(16-34)41-28(36-25)29(2)13-10-21(40-3)24-20(29)8-9-23(35-24)30(31,32)33/h4-10,13,19-20,26,38H,11-12,14-16,34H2,1-3H3. The van der Waals surface area contributed by atoms with Gasteiger partial charge in [0.2, 0.25) is 5.89 Å². The van der Waals surface area contributed by atoms with Crippen LogP contribution in [0.15, 0.2) is 69.4 Å². The highest BCUT2D eigenvalue weighted by molar-refractivity contribution is 6.01. The Morgan fingerprint density at radius 1 is 1.24 bits per heavy atom. The number of dihydropyridines is 1. The van der Waals surface area contributed by atoms with Gasteiger partial charge in [0.15, 0.2) is 11.5 Å². The van der Waals surface area contributed by atoms with Crippen molar-refractivity contribution in [3.05, 3.63) is 88.5 Å². The summed E-state index contributed by atoms with van der Waals surface area (Å²) in [6.07, 6.45) is 1.61. The van der Waals surface area contributed by atoms with E-state index in [1.54, 1.807) is 24.0 Å². The van der Waals surface area contributed by atoms with Crippen molar-refractivity contribution in [2.45, 2.75) is 50.9 Å². The second-order valence-electron chi connectivity index (χ2n) is 10.9. The molecule has 3 heterocycles. The lowest BCUT2D eigenvalue weighted by Crippen LogP contribution is -2.40. The number of aromatic nitrogens is 1. The molecular formula is C30H33F3N4O4. The quantitative estimate of drug-likeness (QED) is 0.511. The van der Waals surface area contributed by atoms with E-state index in [2.05, 4.69) is 9.98 Å². The summed E-state index contributed by atoms with van der Waals surface area (Å²) in [4.78, 5) is 23.7. The van der Waals surface area contributed by atoms with Crippen LogP contribution in [0.5, 0.6) is 0 Å². The first-order valence-electron chi connectivity index (χ1n) is 13.5. The summed E-state index contributed by atoms with van der Waals surface area (Å²) in [7, 11) is 1.37. The number of benzene rings is 1. The largest absolute Gasteiger partial charge is 0.495 e. The molecule has 41 heavy (non-hydrogen) atoms. The van der Waals surface area contributed by atoms with E-state index in [0.717, 1.165) is 17.2 Å². The Morgan fingerprint density at radius 2 is 1.93 bits per heavy atom. The van der Waals surface area contributed by atoms with Crippen LogP contribution in [-0.4, -0.2) is 53.0 Å². The normalized spacial score (nSPS) is 23.9. The number of amides is 1. The summed E-state index contributed by atoms with van der Waals surface area (Å²) in [5.74, 6) is -0.456. The number of hydrogen-bond acceptors (Lipinski definition) is 7. The predicted octanol–water partition coefficient (Wildman–Crippen LogP) is 4.90. The number of oxazole rings is 1. The van der Waals surface area contributed by atoms with Crippen LogP contribution in [0.4, 0.5) is 13.2 Å². The molecule has 1 fully saturated rings. The molecule has 0 bridgehead atoms. The number of aliphatic imine (C=N–C) groups is 1. The number of rotatable bonds is 6. The van der Waals surface area contributed by atoms with E-state index in [-0.39, 0.29) is 47.2 Å². The first-order valence-corrected chi connectivity index (χ1v) is 13.5. The summed E-state index contributed by atoms with van der Waals surface area (Å²) in [6, 6.07) is 7.79. The van der Waals surface area contributed by atoms with Crippen molar-refractivity contribution < 1.29 is 32.2 Å². The molecule has 2 aliphatic heterocycles. The number of hydrogen-bond donors (Lipinski definition) is 2. The van der Waals surface area contributed by atoms with Gasteiger partial charge in [0, 0.05) is 19.0 Å². The molecule has 8 nitrogen and oxygen atoms in total. The molecule has 0 saturated carbocycles. The zero-order chi connectivity index (χ0) is 29.5. The Kier molecular flexibility index (Phi) is 7.69. The highest BCUT2D eigenvalue weighted by atomic mass is 19.4. The molecule has 1 aromatic heterocycles. The number of ether oxygens (including phenoxy) is 1. The predicted molar refractivity (Wildman–Crippen MR) is 146 cm³/mol. The fourth-order valence-electron chi connectivity index (χ4n) is 5.67. The summed E-state index contributed by atoms with van der Waals surface area (Å²) < 4.78 is 51.6. The number of nitrogens with zero attached hydrogens (tertiary/aromatic N) is 3. The van der Waals surface area contributed by atoms with Gasteiger partial charge in [-0.2, -0.15) is 13.2 Å². The molecule has 3 N–H and O–H groups in total. The van der Waals surface area contributed by atoms with Gasteiger partial charge in [-0.25, -0.2) is 9.98 Å². The number of alkyl halides is 3. The van der Waals surface area contributed by atoms with E-state index in [4.69, 9.17) is 14.9 Å². The van der Waals surface area contributed by atoms with Crippen molar-refractivity contribution in [3.8, 4) is 0 Å². The third kappa shape index (κ3) is 5.36. The average molecular weight is 571 g/mol. The molecule has 0 radical (unpaired) electrons. The number of allylic oxidation sites excluding steroid dienone is 4. The molecule has 3 aliphatic rings. The van der Waals surface area contributed by atoms with E-state index in [9.17, 15) is 23.1 Å². The van der Waals surface area contributed by atoms with E-state index >= 15 is 0 Å². The second-order valence-corrected chi connectivity index (χ2v) is 10.9. The first kappa shape index (κ1) is 28.8. The summed E-state index contributed by atoms with van der Waals surface area (Å²) in [6.45, 7) is 4.53. The molecule has 5 rings (SSSR count). The Bertz CT molecular complexity index is 1430. The number of aryl methyl sites for hydroxylation is 1. The maximum Gasteiger partial charge on any atom is 0.433 e. The number of fused-ring (bicyclic) bond motifs is 1. The van der Waals surface area contributed by atoms with Crippen LogP contribution in [0.1, 0.15) is 59.1 Å². The molecule has 0 spiro atoms. The van der Waals surface area contributed by atoms with Crippen LogP contribution in [0, 0.1) is 18.8 Å². The molecule has 2 aromatic rings. The van der Waals surface area contributed by atoms with Gasteiger partial charge in [-0.05, 0) is 50.3 Å². The zero-order valence-electron chi connectivity index (χ0n) is 23.1. The highest BCUT2D eigenvalue weighted by Crippen LogP contribution is 2.46. The van der Waals surface area contributed by atoms with Gasteiger partial charge in [0.05, 0.1) is 30.9 Å². The minimum atomic E-state index is -4.62. The number of methoxy groups -OCH3 is 1. The van der Waals surface area contributed by atoms with E-state index in [1.807, 2.05) is 31.2 Å². The van der Waals surface area contributed by atoms with Gasteiger partial charge in [-0.15, -0.1) is 0 Å². The Labute approximate surface area is 236 Å². The smallest absolute Gasteiger partial charge is 0.433 e. The van der Waals surface area contributed by atoms with Gasteiger partial charge in [-0.1, -0.05) is 42.0 Å². The number of likely N-dealkylation sites (tertiary alicyclic amines) is 1. The number of carbonyl (C=O) groups is 1. The van der Waals surface area contributed by atoms with Crippen molar-refractivity contribution >= 4 is 11.6 Å². The van der Waals surface area contributed by atoms with Crippen molar-refractivity contribution in [2.75, 3.05) is 20.2 Å².